The van der Waals surface area contributed by atoms with E-state index in [2.05, 4.69) is 22.9 Å². The SMILES string of the molecule is C[C@@H](NC(=O)N(S)[C@H](COC(=O)C(C)(C)C)Cc1ccccc1)c1ccc(NS(C)(=O)=O)cc1. The van der Waals surface area contributed by atoms with Gasteiger partial charge in [0.1, 0.15) is 6.61 Å². The van der Waals surface area contributed by atoms with Gasteiger partial charge in [0.2, 0.25) is 10.0 Å². The Kier molecular flexibility index (Phi) is 9.40. The fourth-order valence-electron chi connectivity index (χ4n) is 3.04. The molecule has 0 aromatic heterocycles. The smallest absolute Gasteiger partial charge is 0.328 e. The highest BCUT2D eigenvalue weighted by Gasteiger charge is 2.28. The van der Waals surface area contributed by atoms with E-state index >= 15 is 0 Å². The van der Waals surface area contributed by atoms with Gasteiger partial charge >= 0.3 is 12.0 Å². The fourth-order valence-corrected chi connectivity index (χ4v) is 3.82. The average Bonchev–Trinajstić information content (AvgIpc) is 2.75. The van der Waals surface area contributed by atoms with Gasteiger partial charge in [0.25, 0.3) is 0 Å². The zero-order chi connectivity index (χ0) is 25.5. The molecule has 0 unspecified atom stereocenters. The molecular formula is C24H33N3O5S2. The molecule has 186 valence electrons. The molecule has 0 aliphatic heterocycles. The molecule has 0 aliphatic carbocycles. The van der Waals surface area contributed by atoms with E-state index in [0.717, 1.165) is 17.4 Å². The van der Waals surface area contributed by atoms with Crippen LogP contribution in [-0.4, -0.2) is 43.6 Å². The number of benzene rings is 2. The molecule has 0 spiro atoms. The molecule has 0 fully saturated rings. The van der Waals surface area contributed by atoms with E-state index in [4.69, 9.17) is 4.74 Å². The number of urea groups is 1. The molecule has 2 rings (SSSR count). The van der Waals surface area contributed by atoms with Crippen molar-refractivity contribution in [1.29, 1.82) is 0 Å². The summed E-state index contributed by atoms with van der Waals surface area (Å²) >= 11 is 4.43. The van der Waals surface area contributed by atoms with Crippen LogP contribution in [0.5, 0.6) is 0 Å². The Labute approximate surface area is 207 Å². The number of hydrogen-bond donors (Lipinski definition) is 3. The van der Waals surface area contributed by atoms with Crippen molar-refractivity contribution in [3.8, 4) is 0 Å². The minimum atomic E-state index is -3.37. The number of carbonyl (C=O) groups excluding carboxylic acids is 2. The number of ether oxygens (including phenoxy) is 1. The Bertz CT molecular complexity index is 1070. The quantitative estimate of drug-likeness (QED) is 0.349. The minimum absolute atomic E-state index is 0.00214. The van der Waals surface area contributed by atoms with Crippen molar-refractivity contribution in [2.45, 2.75) is 46.2 Å². The van der Waals surface area contributed by atoms with E-state index in [1.807, 2.05) is 37.3 Å². The Morgan fingerprint density at radius 1 is 1.06 bits per heavy atom. The number of amides is 2. The Hall–Kier alpha value is -2.72. The molecule has 0 heterocycles. The second-order valence-electron chi connectivity index (χ2n) is 9.20. The molecule has 2 aromatic carbocycles. The van der Waals surface area contributed by atoms with Gasteiger partial charge in [0.15, 0.2) is 0 Å². The summed E-state index contributed by atoms with van der Waals surface area (Å²) in [4.78, 5) is 25.2. The van der Waals surface area contributed by atoms with Gasteiger partial charge in [-0.2, -0.15) is 0 Å². The zero-order valence-corrected chi connectivity index (χ0v) is 21.8. The predicted molar refractivity (Wildman–Crippen MR) is 137 cm³/mol. The van der Waals surface area contributed by atoms with E-state index in [9.17, 15) is 18.0 Å². The molecule has 0 bridgehead atoms. The van der Waals surface area contributed by atoms with Gasteiger partial charge in [-0.05, 0) is 57.4 Å². The summed E-state index contributed by atoms with van der Waals surface area (Å²) in [7, 11) is -3.37. The van der Waals surface area contributed by atoms with Crippen molar-refractivity contribution in [2.75, 3.05) is 17.6 Å². The average molecular weight is 508 g/mol. The van der Waals surface area contributed by atoms with E-state index in [0.29, 0.717) is 12.1 Å². The first-order valence-corrected chi connectivity index (χ1v) is 13.1. The van der Waals surface area contributed by atoms with Crippen LogP contribution in [0.4, 0.5) is 10.5 Å². The molecule has 2 N–H and O–H groups in total. The van der Waals surface area contributed by atoms with Crippen LogP contribution in [0.3, 0.4) is 0 Å². The van der Waals surface area contributed by atoms with Crippen LogP contribution in [0.15, 0.2) is 54.6 Å². The number of hydrogen-bond acceptors (Lipinski definition) is 6. The van der Waals surface area contributed by atoms with Crippen LogP contribution < -0.4 is 10.0 Å². The van der Waals surface area contributed by atoms with Gasteiger partial charge in [0, 0.05) is 5.69 Å². The van der Waals surface area contributed by atoms with E-state index in [1.54, 1.807) is 45.0 Å². The maximum atomic E-state index is 13.0. The zero-order valence-electron chi connectivity index (χ0n) is 20.1. The standard InChI is InChI=1S/C24H33N3O5S2/c1-17(19-11-13-20(14-12-19)26-34(5,30)31)25-23(29)27(33)21(15-18-9-7-6-8-10-18)16-32-22(28)24(2,3)4/h6-14,17,21,26,33H,15-16H2,1-5H3,(H,25,29)/t17-,21+/m1/s1. The van der Waals surface area contributed by atoms with Gasteiger partial charge in [0.05, 0.1) is 23.8 Å². The molecule has 0 saturated carbocycles. The Balaban J connectivity index is 2.09. The second-order valence-corrected chi connectivity index (χ2v) is 11.4. The van der Waals surface area contributed by atoms with Crippen LogP contribution in [-0.2, 0) is 26.0 Å². The molecule has 0 radical (unpaired) electrons. The fraction of sp³-hybridized carbons (Fsp3) is 0.417. The van der Waals surface area contributed by atoms with Crippen LogP contribution in [0.25, 0.3) is 0 Å². The molecular weight excluding hydrogens is 474 g/mol. The van der Waals surface area contributed by atoms with Crippen LogP contribution in [0.2, 0.25) is 0 Å². The molecule has 8 nitrogen and oxygen atoms in total. The summed E-state index contributed by atoms with van der Waals surface area (Å²) in [6.45, 7) is 7.12. The lowest BCUT2D eigenvalue weighted by molar-refractivity contribution is -0.154. The van der Waals surface area contributed by atoms with E-state index in [1.165, 1.54) is 4.31 Å². The lowest BCUT2D eigenvalue weighted by Gasteiger charge is -2.29. The lowest BCUT2D eigenvalue weighted by Crippen LogP contribution is -2.45. The first-order chi connectivity index (χ1) is 15.8. The minimum Gasteiger partial charge on any atom is -0.463 e. The van der Waals surface area contributed by atoms with Crippen molar-refractivity contribution in [1.82, 2.24) is 9.62 Å². The largest absolute Gasteiger partial charge is 0.463 e. The van der Waals surface area contributed by atoms with Crippen molar-refractivity contribution >= 4 is 40.5 Å². The third-order valence-corrected chi connectivity index (χ3v) is 6.06. The maximum Gasteiger partial charge on any atom is 0.328 e. The van der Waals surface area contributed by atoms with Crippen molar-refractivity contribution < 1.29 is 22.7 Å². The first-order valence-electron chi connectivity index (χ1n) is 10.8. The molecule has 2 amide bonds. The number of nitrogens with zero attached hydrogens (tertiary/aromatic N) is 1. The number of sulfonamides is 1. The predicted octanol–water partition coefficient (Wildman–Crippen LogP) is 4.18. The van der Waals surface area contributed by atoms with Crippen molar-refractivity contribution in [3.63, 3.8) is 0 Å². The summed E-state index contributed by atoms with van der Waals surface area (Å²) in [5, 5.41) is 2.88. The number of nitrogens with one attached hydrogen (secondary N) is 2. The van der Waals surface area contributed by atoms with Crippen LogP contribution in [0.1, 0.15) is 44.9 Å². The monoisotopic (exact) mass is 507 g/mol. The summed E-state index contributed by atoms with van der Waals surface area (Å²) in [6, 6.07) is 15.0. The number of rotatable bonds is 9. The maximum absolute atomic E-state index is 13.0. The molecule has 0 saturated heterocycles. The number of anilines is 1. The molecule has 2 atom stereocenters. The molecule has 2 aromatic rings. The summed E-state index contributed by atoms with van der Waals surface area (Å²) in [5.74, 6) is -0.358. The lowest BCUT2D eigenvalue weighted by atomic mass is 9.97. The van der Waals surface area contributed by atoms with Crippen LogP contribution >= 0.6 is 12.8 Å². The Morgan fingerprint density at radius 2 is 1.65 bits per heavy atom. The van der Waals surface area contributed by atoms with Gasteiger partial charge in [-0.15, -0.1) is 0 Å². The summed E-state index contributed by atoms with van der Waals surface area (Å²) in [6.07, 6.45) is 1.53. The topological polar surface area (TPSA) is 105 Å². The van der Waals surface area contributed by atoms with Gasteiger partial charge < -0.3 is 10.1 Å². The molecule has 34 heavy (non-hydrogen) atoms. The third kappa shape index (κ3) is 8.90. The second kappa shape index (κ2) is 11.6. The Morgan fingerprint density at radius 3 is 2.18 bits per heavy atom. The first kappa shape index (κ1) is 27.5. The van der Waals surface area contributed by atoms with E-state index < -0.39 is 27.5 Å². The van der Waals surface area contributed by atoms with Gasteiger partial charge in [-0.25, -0.2) is 13.2 Å². The van der Waals surface area contributed by atoms with Crippen LogP contribution in [0, 0.1) is 5.41 Å². The highest BCUT2D eigenvalue weighted by molar-refractivity contribution is 7.92. The summed E-state index contributed by atoms with van der Waals surface area (Å²) < 4.78 is 31.9. The summed E-state index contributed by atoms with van der Waals surface area (Å²) in [5.41, 5.74) is 1.54. The molecule has 0 aliphatic rings. The normalized spacial score (nSPS) is 13.5. The van der Waals surface area contributed by atoms with Crippen molar-refractivity contribution in [3.05, 3.63) is 65.7 Å². The van der Waals surface area contributed by atoms with Gasteiger partial charge in [-0.3, -0.25) is 13.8 Å². The third-order valence-electron chi connectivity index (χ3n) is 4.94. The number of thiol groups is 1. The highest BCUT2D eigenvalue weighted by Crippen LogP contribution is 2.20. The number of esters is 1. The van der Waals surface area contributed by atoms with E-state index in [-0.39, 0.29) is 18.6 Å². The van der Waals surface area contributed by atoms with Gasteiger partial charge in [-0.1, -0.05) is 55.3 Å². The highest BCUT2D eigenvalue weighted by atomic mass is 32.2. The van der Waals surface area contributed by atoms with Crippen molar-refractivity contribution in [2.24, 2.45) is 5.41 Å². The number of carbonyl (C=O) groups is 2. The molecule has 10 heteroatoms.